The number of nitrogens with one attached hydrogen (secondary N) is 1. The molecule has 0 saturated heterocycles. The molecule has 4 aromatic rings. The van der Waals surface area contributed by atoms with Gasteiger partial charge in [-0.2, -0.15) is 0 Å². The maximum Gasteiger partial charge on any atom is 0.339 e. The van der Waals surface area contributed by atoms with Gasteiger partial charge < -0.3 is 14.6 Å². The number of benzene rings is 1. The lowest BCUT2D eigenvalue weighted by Gasteiger charge is -2.10. The SMILES string of the molecule is COC(=O)c1ccccc1NC(=O)c1cc2c(=O)n3ccccc3nc2n1C. The van der Waals surface area contributed by atoms with Crippen molar-refractivity contribution in [2.75, 3.05) is 12.4 Å². The number of aromatic nitrogens is 3. The molecular weight excluding hydrogens is 360 g/mol. The van der Waals surface area contributed by atoms with Crippen LogP contribution in [0.4, 0.5) is 5.69 Å². The Hall–Kier alpha value is -3.94. The number of methoxy groups -OCH3 is 1. The normalized spacial score (nSPS) is 10.9. The first-order valence-electron chi connectivity index (χ1n) is 8.47. The number of carbonyl (C=O) groups excluding carboxylic acids is 2. The Morgan fingerprint density at radius 3 is 2.64 bits per heavy atom. The Kier molecular flexibility index (Phi) is 4.15. The van der Waals surface area contributed by atoms with Crippen molar-refractivity contribution < 1.29 is 14.3 Å². The topological polar surface area (TPSA) is 94.7 Å². The number of esters is 1. The maximum atomic E-state index is 12.9. The molecule has 3 heterocycles. The fourth-order valence-corrected chi connectivity index (χ4v) is 3.10. The Balaban J connectivity index is 1.80. The van der Waals surface area contributed by atoms with Gasteiger partial charge in [0.1, 0.15) is 17.0 Å². The molecule has 4 rings (SSSR count). The number of nitrogens with zero attached hydrogens (tertiary/aromatic N) is 3. The number of ether oxygens (including phenoxy) is 1. The Morgan fingerprint density at radius 1 is 1.11 bits per heavy atom. The minimum atomic E-state index is -0.556. The lowest BCUT2D eigenvalue weighted by atomic mass is 10.1. The summed E-state index contributed by atoms with van der Waals surface area (Å²) in [6.07, 6.45) is 1.63. The van der Waals surface area contributed by atoms with E-state index < -0.39 is 11.9 Å². The molecule has 0 unspecified atom stereocenters. The second-order valence-electron chi connectivity index (χ2n) is 6.16. The largest absolute Gasteiger partial charge is 0.465 e. The highest BCUT2D eigenvalue weighted by atomic mass is 16.5. The lowest BCUT2D eigenvalue weighted by Crippen LogP contribution is -2.18. The summed E-state index contributed by atoms with van der Waals surface area (Å²) in [7, 11) is 2.93. The number of aryl methyl sites for hydroxylation is 1. The second kappa shape index (κ2) is 6.66. The number of fused-ring (bicyclic) bond motifs is 2. The van der Waals surface area contributed by atoms with Crippen LogP contribution in [0.5, 0.6) is 0 Å². The monoisotopic (exact) mass is 376 g/mol. The third kappa shape index (κ3) is 2.71. The molecule has 0 spiro atoms. The van der Waals surface area contributed by atoms with E-state index in [2.05, 4.69) is 10.3 Å². The molecule has 1 aromatic carbocycles. The van der Waals surface area contributed by atoms with Crippen molar-refractivity contribution in [3.8, 4) is 0 Å². The first-order chi connectivity index (χ1) is 13.5. The Morgan fingerprint density at radius 2 is 1.86 bits per heavy atom. The minimum Gasteiger partial charge on any atom is -0.465 e. The summed E-state index contributed by atoms with van der Waals surface area (Å²) in [6.45, 7) is 0. The molecule has 0 bridgehead atoms. The molecule has 8 nitrogen and oxygen atoms in total. The zero-order valence-corrected chi connectivity index (χ0v) is 15.2. The van der Waals surface area contributed by atoms with Crippen LogP contribution in [0.1, 0.15) is 20.8 Å². The van der Waals surface area contributed by atoms with Crippen molar-refractivity contribution in [3.63, 3.8) is 0 Å². The summed E-state index contributed by atoms with van der Waals surface area (Å²) in [5, 5.41) is 3.04. The van der Waals surface area contributed by atoms with Crippen LogP contribution in [0.25, 0.3) is 16.7 Å². The van der Waals surface area contributed by atoms with Gasteiger partial charge in [-0.3, -0.25) is 14.0 Å². The smallest absolute Gasteiger partial charge is 0.339 e. The standard InChI is InChI=1S/C20H16N4O4/c1-23-15(18(25)21-14-8-4-3-7-12(14)20(27)28-2)11-13-17(23)22-16-9-5-6-10-24(16)19(13)26/h3-11H,1-2H3,(H,21,25). The van der Waals surface area contributed by atoms with Gasteiger partial charge in [0, 0.05) is 13.2 Å². The second-order valence-corrected chi connectivity index (χ2v) is 6.16. The molecule has 1 amide bonds. The molecule has 3 aromatic heterocycles. The van der Waals surface area contributed by atoms with Gasteiger partial charge in [0.2, 0.25) is 0 Å². The van der Waals surface area contributed by atoms with Crippen LogP contribution in [-0.2, 0) is 11.8 Å². The van der Waals surface area contributed by atoms with E-state index >= 15 is 0 Å². The molecule has 1 N–H and O–H groups in total. The highest BCUT2D eigenvalue weighted by Crippen LogP contribution is 2.19. The zero-order valence-electron chi connectivity index (χ0n) is 15.2. The van der Waals surface area contributed by atoms with Crippen LogP contribution in [0.3, 0.4) is 0 Å². The third-order valence-electron chi connectivity index (χ3n) is 4.52. The fraction of sp³-hybridized carbons (Fsp3) is 0.100. The van der Waals surface area contributed by atoms with E-state index in [1.165, 1.54) is 17.6 Å². The first kappa shape index (κ1) is 17.5. The highest BCUT2D eigenvalue weighted by Gasteiger charge is 2.20. The van der Waals surface area contributed by atoms with Crippen LogP contribution in [0.2, 0.25) is 0 Å². The van der Waals surface area contributed by atoms with Crippen molar-refractivity contribution in [1.82, 2.24) is 14.0 Å². The quantitative estimate of drug-likeness (QED) is 0.553. The summed E-state index contributed by atoms with van der Waals surface area (Å²) in [5.74, 6) is -1.02. The van der Waals surface area contributed by atoms with Gasteiger partial charge in [-0.25, -0.2) is 9.78 Å². The number of pyridine rings is 1. The predicted molar refractivity (Wildman–Crippen MR) is 104 cm³/mol. The molecule has 140 valence electrons. The molecule has 0 radical (unpaired) electrons. The number of anilines is 1. The predicted octanol–water partition coefficient (Wildman–Crippen LogP) is 2.23. The number of para-hydroxylation sites is 1. The van der Waals surface area contributed by atoms with Crippen molar-refractivity contribution in [3.05, 3.63) is 76.3 Å². The van der Waals surface area contributed by atoms with E-state index in [0.717, 1.165) is 0 Å². The number of amides is 1. The van der Waals surface area contributed by atoms with Crippen LogP contribution < -0.4 is 10.9 Å². The van der Waals surface area contributed by atoms with Crippen molar-refractivity contribution >= 4 is 34.2 Å². The highest BCUT2D eigenvalue weighted by molar-refractivity contribution is 6.09. The molecule has 0 atom stereocenters. The Bertz CT molecular complexity index is 1300. The molecular formula is C20H16N4O4. The van der Waals surface area contributed by atoms with Crippen molar-refractivity contribution in [1.29, 1.82) is 0 Å². The zero-order chi connectivity index (χ0) is 19.8. The summed E-state index contributed by atoms with van der Waals surface area (Å²) in [4.78, 5) is 42.0. The van der Waals surface area contributed by atoms with Crippen LogP contribution in [0.15, 0.2) is 59.5 Å². The van der Waals surface area contributed by atoms with Gasteiger partial charge in [0.15, 0.2) is 0 Å². The number of hydrogen-bond donors (Lipinski definition) is 1. The van der Waals surface area contributed by atoms with E-state index in [1.807, 2.05) is 0 Å². The van der Waals surface area contributed by atoms with Gasteiger partial charge in [-0.1, -0.05) is 18.2 Å². The summed E-state index contributed by atoms with van der Waals surface area (Å²) in [5.41, 5.74) is 1.44. The van der Waals surface area contributed by atoms with Gasteiger partial charge in [0.25, 0.3) is 11.5 Å². The molecule has 0 aliphatic carbocycles. The number of hydrogen-bond acceptors (Lipinski definition) is 5. The first-order valence-corrected chi connectivity index (χ1v) is 8.47. The number of carbonyl (C=O) groups is 2. The lowest BCUT2D eigenvalue weighted by molar-refractivity contribution is 0.0602. The van der Waals surface area contributed by atoms with E-state index in [9.17, 15) is 14.4 Å². The van der Waals surface area contributed by atoms with E-state index in [4.69, 9.17) is 4.74 Å². The van der Waals surface area contributed by atoms with Crippen LogP contribution in [-0.4, -0.2) is 32.9 Å². The molecule has 0 aliphatic rings. The molecule has 0 aliphatic heterocycles. The molecule has 28 heavy (non-hydrogen) atoms. The van der Waals surface area contributed by atoms with Crippen molar-refractivity contribution in [2.45, 2.75) is 0 Å². The molecule has 0 saturated carbocycles. The fourth-order valence-electron chi connectivity index (χ4n) is 3.10. The van der Waals surface area contributed by atoms with Crippen molar-refractivity contribution in [2.24, 2.45) is 7.05 Å². The van der Waals surface area contributed by atoms with Gasteiger partial charge >= 0.3 is 5.97 Å². The average Bonchev–Trinajstić information content (AvgIpc) is 3.05. The van der Waals surface area contributed by atoms with Crippen LogP contribution in [0, 0.1) is 0 Å². The summed E-state index contributed by atoms with van der Waals surface area (Å²) in [6, 6.07) is 13.3. The van der Waals surface area contributed by atoms with Crippen LogP contribution >= 0.6 is 0 Å². The van der Waals surface area contributed by atoms with Gasteiger partial charge in [0.05, 0.1) is 23.7 Å². The Labute approximate surface area is 159 Å². The molecule has 0 fully saturated rings. The third-order valence-corrected chi connectivity index (χ3v) is 4.52. The van der Waals surface area contributed by atoms with Gasteiger partial charge in [-0.15, -0.1) is 0 Å². The van der Waals surface area contributed by atoms with E-state index in [-0.39, 0.29) is 16.8 Å². The van der Waals surface area contributed by atoms with E-state index in [0.29, 0.717) is 22.4 Å². The maximum absolute atomic E-state index is 12.9. The average molecular weight is 376 g/mol. The van der Waals surface area contributed by atoms with E-state index in [1.54, 1.807) is 60.3 Å². The van der Waals surface area contributed by atoms with Gasteiger partial charge in [-0.05, 0) is 30.3 Å². The molecule has 8 heteroatoms. The summed E-state index contributed by atoms with van der Waals surface area (Å²) >= 11 is 0. The summed E-state index contributed by atoms with van der Waals surface area (Å²) < 4.78 is 7.73. The minimum absolute atomic E-state index is 0.237. The number of rotatable bonds is 3.